The fourth-order valence-electron chi connectivity index (χ4n) is 2.21. The summed E-state index contributed by atoms with van der Waals surface area (Å²) in [5.41, 5.74) is 5.41. The monoisotopic (exact) mass is 461 g/mol. The van der Waals surface area contributed by atoms with Crippen molar-refractivity contribution in [2.24, 2.45) is 12.8 Å². The zero-order chi connectivity index (χ0) is 18.7. The number of aliphatic hydroxyl groups excluding tert-OH is 1. The largest absolute Gasteiger partial charge is 0.473 e. The summed E-state index contributed by atoms with van der Waals surface area (Å²) in [5.74, 6) is -1.35. The van der Waals surface area contributed by atoms with E-state index in [2.05, 4.69) is 5.32 Å². The molecule has 4 N–H and O–H groups in total. The second kappa shape index (κ2) is 7.83. The van der Waals surface area contributed by atoms with Gasteiger partial charge in [-0.3, -0.25) is 14.2 Å². The molecule has 0 spiro atoms. The Balaban J connectivity index is 2.16. The molecule has 9 heteroatoms. The van der Waals surface area contributed by atoms with E-state index in [9.17, 15) is 19.1 Å². The van der Waals surface area contributed by atoms with Crippen molar-refractivity contribution in [3.63, 3.8) is 0 Å². The van der Waals surface area contributed by atoms with Crippen LogP contribution in [-0.4, -0.2) is 28.4 Å². The third kappa shape index (κ3) is 4.48. The van der Waals surface area contributed by atoms with E-state index in [1.54, 1.807) is 13.0 Å². The fraction of sp³-hybridized carbons (Fsp3) is 0.250. The summed E-state index contributed by atoms with van der Waals surface area (Å²) in [4.78, 5) is 23.5. The van der Waals surface area contributed by atoms with Crippen LogP contribution in [0.1, 0.15) is 15.9 Å². The number of nitrogens with one attached hydrogen (secondary N) is 1. The van der Waals surface area contributed by atoms with Crippen molar-refractivity contribution in [1.82, 2.24) is 4.57 Å². The highest BCUT2D eigenvalue weighted by atomic mass is 127. The minimum absolute atomic E-state index is 0.0206. The summed E-state index contributed by atoms with van der Waals surface area (Å²) < 4.78 is 21.0. The average Bonchev–Trinajstić information content (AvgIpc) is 2.54. The van der Waals surface area contributed by atoms with E-state index in [1.165, 1.54) is 25.2 Å². The van der Waals surface area contributed by atoms with Crippen LogP contribution in [0.15, 0.2) is 29.1 Å². The van der Waals surface area contributed by atoms with E-state index in [0.717, 1.165) is 4.57 Å². The van der Waals surface area contributed by atoms with Crippen LogP contribution < -0.4 is 21.3 Å². The Morgan fingerprint density at radius 1 is 1.48 bits per heavy atom. The summed E-state index contributed by atoms with van der Waals surface area (Å²) in [6, 6.07) is 5.80. The van der Waals surface area contributed by atoms with Crippen molar-refractivity contribution in [2.45, 2.75) is 13.2 Å². The van der Waals surface area contributed by atoms with Gasteiger partial charge < -0.3 is 20.9 Å². The number of carbonyl (C=O) groups is 1. The first-order valence-corrected chi connectivity index (χ1v) is 8.31. The highest BCUT2D eigenvalue weighted by molar-refractivity contribution is 14.1. The first-order chi connectivity index (χ1) is 11.7. The second-order valence-corrected chi connectivity index (χ2v) is 6.62. The molecule has 7 nitrogen and oxygen atoms in total. The van der Waals surface area contributed by atoms with Crippen LogP contribution in [0.2, 0.25) is 0 Å². The molecule has 1 aromatic carbocycles. The van der Waals surface area contributed by atoms with E-state index in [-0.39, 0.29) is 29.3 Å². The molecule has 0 fully saturated rings. The van der Waals surface area contributed by atoms with Gasteiger partial charge in [0, 0.05) is 16.2 Å². The number of carbonyl (C=O) groups excluding carboxylic acids is 1. The van der Waals surface area contributed by atoms with E-state index < -0.39 is 18.0 Å². The number of primary amides is 1. The van der Waals surface area contributed by atoms with Gasteiger partial charge >= 0.3 is 0 Å². The summed E-state index contributed by atoms with van der Waals surface area (Å²) in [7, 11) is 1.43. The number of aromatic nitrogens is 1. The van der Waals surface area contributed by atoms with E-state index in [0.29, 0.717) is 9.13 Å². The molecule has 1 aromatic heterocycles. The number of halogens is 2. The smallest absolute Gasteiger partial charge is 0.256 e. The molecule has 134 valence electrons. The number of hydrogen-bond donors (Lipinski definition) is 3. The Bertz CT molecular complexity index is 869. The van der Waals surface area contributed by atoms with Crippen molar-refractivity contribution >= 4 is 34.2 Å². The van der Waals surface area contributed by atoms with Gasteiger partial charge in [0.2, 0.25) is 5.88 Å². The lowest BCUT2D eigenvalue weighted by atomic mass is 10.2. The first kappa shape index (κ1) is 19.2. The van der Waals surface area contributed by atoms with Crippen LogP contribution in [0, 0.1) is 16.3 Å². The minimum atomic E-state index is -1.27. The quantitative estimate of drug-likeness (QED) is 0.445. The van der Waals surface area contributed by atoms with E-state index in [4.69, 9.17) is 10.5 Å². The zero-order valence-corrected chi connectivity index (χ0v) is 15.7. The van der Waals surface area contributed by atoms with Crippen LogP contribution in [0.3, 0.4) is 0 Å². The van der Waals surface area contributed by atoms with Gasteiger partial charge in [0.05, 0.1) is 11.3 Å². The van der Waals surface area contributed by atoms with Crippen molar-refractivity contribution in [3.8, 4) is 5.88 Å². The predicted molar refractivity (Wildman–Crippen MR) is 99.2 cm³/mol. The highest BCUT2D eigenvalue weighted by Crippen LogP contribution is 2.19. The molecule has 0 aliphatic heterocycles. The standard InChI is InChI=1S/C16H17FIN3O4/c1-8-5-10(14(19)23)16(21(2)15(8)24)25-7-13(22)20-12-4-3-9(18)6-11(12)17/h3-6,13,20,22H,7H2,1-2H3,(H2,19,23). The predicted octanol–water partition coefficient (Wildman–Crippen LogP) is 1.35. The number of anilines is 1. The number of pyridine rings is 1. The molecule has 2 aromatic rings. The van der Waals surface area contributed by atoms with Crippen LogP contribution in [-0.2, 0) is 7.05 Å². The Morgan fingerprint density at radius 3 is 2.76 bits per heavy atom. The number of benzene rings is 1. The molecule has 1 unspecified atom stereocenters. The maximum atomic E-state index is 13.8. The van der Waals surface area contributed by atoms with Crippen LogP contribution in [0.25, 0.3) is 0 Å². The fourth-order valence-corrected chi connectivity index (χ4v) is 2.67. The summed E-state index contributed by atoms with van der Waals surface area (Å²) in [5, 5.41) is 12.5. The van der Waals surface area contributed by atoms with Gasteiger partial charge in [0.15, 0.2) is 6.23 Å². The molecule has 1 atom stereocenters. The Kier molecular flexibility index (Phi) is 6.01. The topological polar surface area (TPSA) is 107 Å². The van der Waals surface area contributed by atoms with Gasteiger partial charge in [-0.2, -0.15) is 0 Å². The summed E-state index contributed by atoms with van der Waals surface area (Å²) in [6.45, 7) is 1.22. The van der Waals surface area contributed by atoms with Crippen molar-refractivity contribution < 1.29 is 19.0 Å². The minimum Gasteiger partial charge on any atom is -0.473 e. The summed E-state index contributed by atoms with van der Waals surface area (Å²) >= 11 is 1.97. The summed E-state index contributed by atoms with van der Waals surface area (Å²) in [6.07, 6.45) is -1.27. The van der Waals surface area contributed by atoms with Gasteiger partial charge in [-0.1, -0.05) is 0 Å². The molecule has 1 amide bonds. The maximum Gasteiger partial charge on any atom is 0.256 e. The third-order valence-corrected chi connectivity index (χ3v) is 4.11. The molecule has 0 saturated carbocycles. The van der Waals surface area contributed by atoms with Crippen LogP contribution in [0.5, 0.6) is 5.88 Å². The van der Waals surface area contributed by atoms with Gasteiger partial charge in [-0.25, -0.2) is 4.39 Å². The van der Waals surface area contributed by atoms with Gasteiger partial charge in [0.1, 0.15) is 12.4 Å². The molecular formula is C16H17FIN3O4. The van der Waals surface area contributed by atoms with Crippen molar-refractivity contribution in [3.05, 3.63) is 55.1 Å². The molecule has 2 rings (SSSR count). The number of amides is 1. The zero-order valence-electron chi connectivity index (χ0n) is 13.5. The second-order valence-electron chi connectivity index (χ2n) is 5.37. The molecule has 1 heterocycles. The van der Waals surface area contributed by atoms with Crippen LogP contribution in [0.4, 0.5) is 10.1 Å². The normalized spacial score (nSPS) is 11.9. The van der Waals surface area contributed by atoms with Gasteiger partial charge in [-0.05, 0) is 53.8 Å². The molecule has 0 radical (unpaired) electrons. The van der Waals surface area contributed by atoms with Gasteiger partial charge in [0.25, 0.3) is 11.5 Å². The van der Waals surface area contributed by atoms with Crippen LogP contribution >= 0.6 is 22.6 Å². The lowest BCUT2D eigenvalue weighted by molar-refractivity contribution is 0.0978. The lowest BCUT2D eigenvalue weighted by Crippen LogP contribution is -2.31. The lowest BCUT2D eigenvalue weighted by Gasteiger charge is -2.18. The first-order valence-electron chi connectivity index (χ1n) is 7.23. The molecule has 25 heavy (non-hydrogen) atoms. The Morgan fingerprint density at radius 2 is 2.16 bits per heavy atom. The van der Waals surface area contributed by atoms with E-state index in [1.807, 2.05) is 22.6 Å². The number of ether oxygens (including phenoxy) is 1. The number of hydrogen-bond acceptors (Lipinski definition) is 5. The SMILES string of the molecule is Cc1cc(C(N)=O)c(OCC(O)Nc2ccc(I)cc2F)n(C)c1=O. The Hall–Kier alpha value is -2.14. The Labute approximate surface area is 156 Å². The van der Waals surface area contributed by atoms with Gasteiger partial charge in [-0.15, -0.1) is 0 Å². The highest BCUT2D eigenvalue weighted by Gasteiger charge is 2.18. The number of nitrogens with zero attached hydrogens (tertiary/aromatic N) is 1. The number of aliphatic hydroxyl groups is 1. The van der Waals surface area contributed by atoms with E-state index >= 15 is 0 Å². The van der Waals surface area contributed by atoms with Crippen molar-refractivity contribution in [1.29, 1.82) is 0 Å². The van der Waals surface area contributed by atoms with Crippen molar-refractivity contribution in [2.75, 3.05) is 11.9 Å². The molecule has 0 saturated heterocycles. The molecule has 0 aliphatic carbocycles. The third-order valence-electron chi connectivity index (χ3n) is 3.43. The number of aryl methyl sites for hydroxylation is 1. The molecule has 0 aliphatic rings. The number of rotatable bonds is 6. The average molecular weight is 461 g/mol. The molecular weight excluding hydrogens is 444 g/mol. The number of nitrogens with two attached hydrogens (primary N) is 1. The maximum absolute atomic E-state index is 13.8. The molecule has 0 bridgehead atoms.